The van der Waals surface area contributed by atoms with Gasteiger partial charge in [-0.05, 0) is 54.0 Å². The SMILES string of the molecule is CCCCc1nc(CCCC)n2c1C(n1c(O)ccc1O)CCC2c1ccc(-c2ccccc2-c2nn[nH]n2)cc1. The molecule has 9 heteroatoms. The Morgan fingerprint density at radius 3 is 2.17 bits per heavy atom. The minimum absolute atomic E-state index is 0.0832. The number of rotatable bonds is 10. The topological polar surface area (TPSA) is 118 Å². The summed E-state index contributed by atoms with van der Waals surface area (Å²) in [5.74, 6) is 1.84. The van der Waals surface area contributed by atoms with Crippen LogP contribution in [0.15, 0.2) is 60.7 Å². The molecule has 0 spiro atoms. The standard InChI is InChI=1S/C32H37N7O2/c1-3-5-11-25-31-27(39-29(40)19-20-30(39)41)18-17-26(38(31)28(33-25)12-6-4-2)22-15-13-21(14-16-22)23-9-7-8-10-24(23)32-34-36-37-35-32/h7-10,13-16,19-20,26-27,40-41H,3-6,11-12,17-18H2,1-2H3,(H,34,35,36,37). The van der Waals surface area contributed by atoms with Gasteiger partial charge in [0.25, 0.3) is 0 Å². The molecule has 3 aromatic heterocycles. The quantitative estimate of drug-likeness (QED) is 0.180. The van der Waals surface area contributed by atoms with Crippen molar-refractivity contribution in [3.8, 4) is 34.3 Å². The smallest absolute Gasteiger partial charge is 0.205 e. The molecule has 0 amide bonds. The van der Waals surface area contributed by atoms with Gasteiger partial charge in [0.2, 0.25) is 5.82 Å². The number of H-pyrrole nitrogens is 1. The number of nitrogens with one attached hydrogen (secondary N) is 1. The predicted molar refractivity (Wildman–Crippen MR) is 158 cm³/mol. The Kier molecular flexibility index (Phi) is 7.59. The van der Waals surface area contributed by atoms with Gasteiger partial charge < -0.3 is 14.8 Å². The van der Waals surface area contributed by atoms with Crippen molar-refractivity contribution in [2.24, 2.45) is 0 Å². The van der Waals surface area contributed by atoms with Crippen LogP contribution in [0.3, 0.4) is 0 Å². The monoisotopic (exact) mass is 551 g/mol. The molecule has 4 heterocycles. The first-order valence-corrected chi connectivity index (χ1v) is 14.7. The second kappa shape index (κ2) is 11.6. The molecule has 2 aromatic carbocycles. The van der Waals surface area contributed by atoms with E-state index in [0.717, 1.165) is 85.3 Å². The molecule has 9 nitrogen and oxygen atoms in total. The van der Waals surface area contributed by atoms with Crippen molar-refractivity contribution >= 4 is 0 Å². The van der Waals surface area contributed by atoms with E-state index in [2.05, 4.69) is 69.4 Å². The number of imidazole rings is 1. The number of tetrazole rings is 1. The van der Waals surface area contributed by atoms with E-state index < -0.39 is 0 Å². The van der Waals surface area contributed by atoms with E-state index in [9.17, 15) is 10.2 Å². The first kappa shape index (κ1) is 26.8. The molecule has 3 N–H and O–H groups in total. The largest absolute Gasteiger partial charge is 0.494 e. The lowest BCUT2D eigenvalue weighted by molar-refractivity contribution is 0.300. The van der Waals surface area contributed by atoms with Gasteiger partial charge in [-0.2, -0.15) is 5.21 Å². The molecule has 1 aliphatic heterocycles. The molecule has 0 saturated heterocycles. The van der Waals surface area contributed by atoms with Crippen molar-refractivity contribution in [2.45, 2.75) is 77.3 Å². The Morgan fingerprint density at radius 2 is 1.49 bits per heavy atom. The summed E-state index contributed by atoms with van der Waals surface area (Å²) in [7, 11) is 0. The lowest BCUT2D eigenvalue weighted by atomic mass is 9.90. The van der Waals surface area contributed by atoms with Crippen LogP contribution in [-0.2, 0) is 12.8 Å². The molecule has 1 aliphatic rings. The molecule has 0 bridgehead atoms. The fraction of sp³-hybridized carbons (Fsp3) is 0.375. The van der Waals surface area contributed by atoms with Gasteiger partial charge in [0.1, 0.15) is 5.82 Å². The van der Waals surface area contributed by atoms with Gasteiger partial charge >= 0.3 is 0 Å². The van der Waals surface area contributed by atoms with Crippen LogP contribution in [0, 0.1) is 0 Å². The van der Waals surface area contributed by atoms with Crippen LogP contribution in [0.5, 0.6) is 11.8 Å². The van der Waals surface area contributed by atoms with Crippen molar-refractivity contribution in [3.63, 3.8) is 0 Å². The van der Waals surface area contributed by atoms with Gasteiger partial charge in [0.15, 0.2) is 11.8 Å². The Balaban J connectivity index is 1.43. The van der Waals surface area contributed by atoms with E-state index in [1.54, 1.807) is 16.7 Å². The molecule has 0 aliphatic carbocycles. The highest BCUT2D eigenvalue weighted by Gasteiger charge is 2.36. The lowest BCUT2D eigenvalue weighted by Gasteiger charge is -2.34. The lowest BCUT2D eigenvalue weighted by Crippen LogP contribution is -2.27. The molecular formula is C32H37N7O2. The van der Waals surface area contributed by atoms with Crippen molar-refractivity contribution < 1.29 is 10.2 Å². The van der Waals surface area contributed by atoms with Crippen LogP contribution in [0.1, 0.15) is 87.2 Å². The Labute approximate surface area is 239 Å². The van der Waals surface area contributed by atoms with Crippen LogP contribution in [0.2, 0.25) is 0 Å². The predicted octanol–water partition coefficient (Wildman–Crippen LogP) is 6.60. The molecule has 2 atom stereocenters. The summed E-state index contributed by atoms with van der Waals surface area (Å²) >= 11 is 0. The normalized spacial score (nSPS) is 16.6. The number of aromatic hydroxyl groups is 2. The minimum atomic E-state index is -0.169. The summed E-state index contributed by atoms with van der Waals surface area (Å²) in [6.07, 6.45) is 7.73. The van der Waals surface area contributed by atoms with Gasteiger partial charge in [-0.1, -0.05) is 75.2 Å². The Morgan fingerprint density at radius 1 is 0.805 bits per heavy atom. The van der Waals surface area contributed by atoms with E-state index in [0.29, 0.717) is 5.82 Å². The van der Waals surface area contributed by atoms with Crippen molar-refractivity contribution in [1.82, 2.24) is 34.7 Å². The third kappa shape index (κ3) is 5.01. The fourth-order valence-electron chi connectivity index (χ4n) is 6.27. The van der Waals surface area contributed by atoms with E-state index in [-0.39, 0.29) is 23.8 Å². The van der Waals surface area contributed by atoms with Gasteiger partial charge in [0, 0.05) is 24.1 Å². The average molecular weight is 552 g/mol. The molecular weight excluding hydrogens is 514 g/mol. The van der Waals surface area contributed by atoms with Gasteiger partial charge in [0.05, 0.1) is 23.5 Å². The number of aromatic nitrogens is 7. The number of unbranched alkanes of at least 4 members (excludes halogenated alkanes) is 2. The summed E-state index contributed by atoms with van der Waals surface area (Å²) in [5.41, 5.74) is 6.51. The number of fused-ring (bicyclic) bond motifs is 1. The van der Waals surface area contributed by atoms with Crippen LogP contribution in [0.4, 0.5) is 0 Å². The number of aryl methyl sites for hydroxylation is 2. The highest BCUT2D eigenvalue weighted by atomic mass is 16.3. The number of hydrogen-bond donors (Lipinski definition) is 3. The maximum absolute atomic E-state index is 10.7. The maximum atomic E-state index is 10.7. The zero-order valence-electron chi connectivity index (χ0n) is 23.7. The Hall–Kier alpha value is -4.40. The second-order valence-electron chi connectivity index (χ2n) is 10.9. The molecule has 212 valence electrons. The van der Waals surface area contributed by atoms with E-state index in [4.69, 9.17) is 4.98 Å². The summed E-state index contributed by atoms with van der Waals surface area (Å²) in [6, 6.07) is 20.0. The van der Waals surface area contributed by atoms with E-state index >= 15 is 0 Å². The second-order valence-corrected chi connectivity index (χ2v) is 10.9. The summed E-state index contributed by atoms with van der Waals surface area (Å²) in [6.45, 7) is 4.40. The zero-order valence-corrected chi connectivity index (χ0v) is 23.7. The molecule has 41 heavy (non-hydrogen) atoms. The highest BCUT2D eigenvalue weighted by Crippen LogP contribution is 2.45. The summed E-state index contributed by atoms with van der Waals surface area (Å²) in [4.78, 5) is 5.23. The van der Waals surface area contributed by atoms with Gasteiger partial charge in [-0.15, -0.1) is 10.2 Å². The average Bonchev–Trinajstić information content (AvgIpc) is 3.75. The first-order valence-electron chi connectivity index (χ1n) is 14.7. The van der Waals surface area contributed by atoms with Crippen LogP contribution in [-0.4, -0.2) is 45.0 Å². The molecule has 0 radical (unpaired) electrons. The van der Waals surface area contributed by atoms with Crippen molar-refractivity contribution in [1.29, 1.82) is 0 Å². The Bertz CT molecular complexity index is 1580. The third-order valence-electron chi connectivity index (χ3n) is 8.27. The van der Waals surface area contributed by atoms with Crippen LogP contribution in [0.25, 0.3) is 22.5 Å². The molecule has 0 saturated carbocycles. The number of nitrogens with zero attached hydrogens (tertiary/aromatic N) is 6. The fourth-order valence-corrected chi connectivity index (χ4v) is 6.27. The zero-order chi connectivity index (χ0) is 28.3. The molecule has 0 fully saturated rings. The summed E-state index contributed by atoms with van der Waals surface area (Å²) in [5, 5.41) is 36.1. The number of aromatic amines is 1. The minimum Gasteiger partial charge on any atom is -0.494 e. The van der Waals surface area contributed by atoms with Crippen molar-refractivity contribution in [3.05, 3.63) is 83.4 Å². The van der Waals surface area contributed by atoms with E-state index in [1.807, 2.05) is 18.2 Å². The molecule has 6 rings (SSSR count). The molecule has 2 unspecified atom stereocenters. The van der Waals surface area contributed by atoms with Gasteiger partial charge in [-0.25, -0.2) is 4.98 Å². The van der Waals surface area contributed by atoms with Crippen LogP contribution < -0.4 is 0 Å². The first-order chi connectivity index (χ1) is 20.1. The summed E-state index contributed by atoms with van der Waals surface area (Å²) < 4.78 is 4.09. The van der Waals surface area contributed by atoms with Crippen LogP contribution >= 0.6 is 0 Å². The number of hydrogen-bond acceptors (Lipinski definition) is 6. The third-order valence-corrected chi connectivity index (χ3v) is 8.27. The van der Waals surface area contributed by atoms with E-state index in [1.165, 1.54) is 5.56 Å². The molecule has 5 aromatic rings. The number of benzene rings is 2. The highest BCUT2D eigenvalue weighted by molar-refractivity contribution is 5.80. The van der Waals surface area contributed by atoms with Gasteiger partial charge in [-0.3, -0.25) is 4.57 Å². The maximum Gasteiger partial charge on any atom is 0.205 e. The van der Waals surface area contributed by atoms with Crippen molar-refractivity contribution in [2.75, 3.05) is 0 Å².